The number of carbonyl (C=O) groups is 1. The summed E-state index contributed by atoms with van der Waals surface area (Å²) in [6.45, 7) is 0. The van der Waals surface area contributed by atoms with Crippen LogP contribution in [0.3, 0.4) is 0 Å². The van der Waals surface area contributed by atoms with Gasteiger partial charge in [0.15, 0.2) is 0 Å². The lowest BCUT2D eigenvalue weighted by molar-refractivity contribution is -0.161. The van der Waals surface area contributed by atoms with E-state index in [0.717, 1.165) is 21.3 Å². The zero-order chi connectivity index (χ0) is 21.3. The predicted molar refractivity (Wildman–Crippen MR) is 119 cm³/mol. The molecular formula is C23H14BrClFN3O2. The van der Waals surface area contributed by atoms with Gasteiger partial charge in [0.05, 0.1) is 23.0 Å². The molecule has 0 aromatic heterocycles. The molecule has 0 saturated heterocycles. The minimum atomic E-state index is -1.48. The number of anilines is 1. The first-order valence-corrected chi connectivity index (χ1v) is 10.9. The van der Waals surface area contributed by atoms with Crippen LogP contribution in [0.1, 0.15) is 29.2 Å². The minimum absolute atomic E-state index is 0.239. The van der Waals surface area contributed by atoms with Crippen LogP contribution in [-0.2, 0) is 10.5 Å². The number of carbonyl (C=O) groups excluding carboxylic acids is 1. The van der Waals surface area contributed by atoms with Crippen molar-refractivity contribution in [2.45, 2.75) is 18.2 Å². The molecule has 0 fully saturated rings. The summed E-state index contributed by atoms with van der Waals surface area (Å²) < 4.78 is 20.8. The van der Waals surface area contributed by atoms with Crippen molar-refractivity contribution in [2.24, 2.45) is 5.10 Å². The van der Waals surface area contributed by atoms with E-state index in [1.165, 1.54) is 12.1 Å². The Morgan fingerprint density at radius 2 is 1.97 bits per heavy atom. The number of hydrogen-bond acceptors (Lipinski definition) is 4. The predicted octanol–water partition coefficient (Wildman–Crippen LogP) is 5.59. The van der Waals surface area contributed by atoms with E-state index in [1.807, 2.05) is 18.2 Å². The van der Waals surface area contributed by atoms with Gasteiger partial charge in [-0.3, -0.25) is 4.79 Å². The van der Waals surface area contributed by atoms with E-state index >= 15 is 0 Å². The Morgan fingerprint density at radius 3 is 2.77 bits per heavy atom. The van der Waals surface area contributed by atoms with Crippen molar-refractivity contribution >= 4 is 44.8 Å². The lowest BCUT2D eigenvalue weighted by atomic mass is 9.92. The van der Waals surface area contributed by atoms with Gasteiger partial charge in [0.1, 0.15) is 11.6 Å². The molecule has 3 aliphatic heterocycles. The Labute approximate surface area is 190 Å². The number of hydrazone groups is 1. The summed E-state index contributed by atoms with van der Waals surface area (Å²) >= 11 is 9.81. The molecule has 3 aromatic rings. The van der Waals surface area contributed by atoms with Crippen LogP contribution >= 0.6 is 27.5 Å². The van der Waals surface area contributed by atoms with Gasteiger partial charge in [-0.2, -0.15) is 5.10 Å². The fourth-order valence-electron chi connectivity index (χ4n) is 4.50. The highest BCUT2D eigenvalue weighted by Crippen LogP contribution is 2.54. The molecule has 0 bridgehead atoms. The van der Waals surface area contributed by atoms with E-state index in [9.17, 15) is 9.18 Å². The summed E-state index contributed by atoms with van der Waals surface area (Å²) in [4.78, 5) is 13.4. The SMILES string of the molecule is O=C1Nc2ccc(Cl)cc2[C@@]12Oc1ccc(Br)cc1[C@H]1CC(c3ccc(F)cc3)=NN12. The van der Waals surface area contributed by atoms with E-state index < -0.39 is 5.72 Å². The van der Waals surface area contributed by atoms with Gasteiger partial charge < -0.3 is 10.1 Å². The molecule has 1 N–H and O–H groups in total. The maximum Gasteiger partial charge on any atom is 0.306 e. The standard InChI is InChI=1S/C23H14BrClFN3O2/c24-13-3-8-21-16(9-13)20-11-19(12-1-5-15(26)6-2-12)28-29(20)23(31-21)17-10-14(25)4-7-18(17)27-22(23)30/h1-10,20H,11H2,(H,27,30)/t20-,23-/m1/s1. The summed E-state index contributed by atoms with van der Waals surface area (Å²) in [7, 11) is 0. The largest absolute Gasteiger partial charge is 0.453 e. The summed E-state index contributed by atoms with van der Waals surface area (Å²) in [6, 6.07) is 16.9. The van der Waals surface area contributed by atoms with E-state index in [4.69, 9.17) is 21.4 Å². The average molecular weight is 499 g/mol. The van der Waals surface area contributed by atoms with E-state index in [1.54, 1.807) is 35.3 Å². The second kappa shape index (κ2) is 6.55. The summed E-state index contributed by atoms with van der Waals surface area (Å²) in [5.41, 5.74) is 2.25. The Hall–Kier alpha value is -2.90. The highest BCUT2D eigenvalue weighted by molar-refractivity contribution is 9.10. The fourth-order valence-corrected chi connectivity index (χ4v) is 5.05. The van der Waals surface area contributed by atoms with Gasteiger partial charge in [-0.25, -0.2) is 9.40 Å². The van der Waals surface area contributed by atoms with Crippen molar-refractivity contribution in [3.8, 4) is 5.75 Å². The number of nitrogens with one attached hydrogen (secondary N) is 1. The van der Waals surface area contributed by atoms with Crippen LogP contribution in [0.5, 0.6) is 5.75 Å². The van der Waals surface area contributed by atoms with Crippen molar-refractivity contribution in [2.75, 3.05) is 5.32 Å². The van der Waals surface area contributed by atoms with Gasteiger partial charge in [0.2, 0.25) is 0 Å². The second-order valence-corrected chi connectivity index (χ2v) is 9.04. The van der Waals surface area contributed by atoms with Gasteiger partial charge in [-0.1, -0.05) is 39.7 Å². The number of amides is 1. The van der Waals surface area contributed by atoms with Gasteiger partial charge in [0, 0.05) is 21.5 Å². The van der Waals surface area contributed by atoms with Crippen molar-refractivity contribution in [1.29, 1.82) is 0 Å². The molecule has 154 valence electrons. The number of hydrogen-bond donors (Lipinski definition) is 1. The van der Waals surface area contributed by atoms with Crippen LogP contribution in [0.15, 0.2) is 70.2 Å². The van der Waals surface area contributed by atoms with Crippen LogP contribution in [-0.4, -0.2) is 16.6 Å². The second-order valence-electron chi connectivity index (χ2n) is 7.69. The molecule has 0 radical (unpaired) electrons. The molecule has 3 heterocycles. The zero-order valence-electron chi connectivity index (χ0n) is 15.9. The van der Waals surface area contributed by atoms with Gasteiger partial charge in [-0.05, 0) is 54.1 Å². The lowest BCUT2D eigenvalue weighted by Crippen LogP contribution is -2.55. The first kappa shape index (κ1) is 18.8. The Morgan fingerprint density at radius 1 is 1.16 bits per heavy atom. The summed E-state index contributed by atoms with van der Waals surface area (Å²) in [5, 5.41) is 9.96. The molecule has 0 unspecified atom stereocenters. The molecule has 0 saturated carbocycles. The number of nitrogens with zero attached hydrogens (tertiary/aromatic N) is 2. The van der Waals surface area contributed by atoms with Crippen molar-refractivity contribution in [3.05, 3.63) is 92.7 Å². The van der Waals surface area contributed by atoms with Crippen molar-refractivity contribution < 1.29 is 13.9 Å². The number of rotatable bonds is 1. The van der Waals surface area contributed by atoms with E-state index in [-0.39, 0.29) is 17.8 Å². The molecule has 1 amide bonds. The zero-order valence-corrected chi connectivity index (χ0v) is 18.2. The Kier molecular flexibility index (Phi) is 3.98. The molecule has 31 heavy (non-hydrogen) atoms. The minimum Gasteiger partial charge on any atom is -0.453 e. The Bertz CT molecular complexity index is 1300. The molecule has 6 rings (SSSR count). The maximum absolute atomic E-state index is 13.5. The summed E-state index contributed by atoms with van der Waals surface area (Å²) in [6.07, 6.45) is 0.545. The molecule has 0 aliphatic carbocycles. The highest BCUT2D eigenvalue weighted by atomic mass is 79.9. The molecule has 8 heteroatoms. The summed E-state index contributed by atoms with van der Waals surface area (Å²) in [5.74, 6) is -0.0247. The smallest absolute Gasteiger partial charge is 0.306 e. The third-order valence-electron chi connectivity index (χ3n) is 5.90. The van der Waals surface area contributed by atoms with Gasteiger partial charge in [-0.15, -0.1) is 0 Å². The van der Waals surface area contributed by atoms with Gasteiger partial charge >= 0.3 is 5.72 Å². The fraction of sp³-hybridized carbons (Fsp3) is 0.130. The van der Waals surface area contributed by atoms with E-state index in [0.29, 0.717) is 28.4 Å². The molecule has 5 nitrogen and oxygen atoms in total. The lowest BCUT2D eigenvalue weighted by Gasteiger charge is -2.44. The quantitative estimate of drug-likeness (QED) is 0.476. The number of halogens is 3. The van der Waals surface area contributed by atoms with Crippen LogP contribution < -0.4 is 10.1 Å². The third kappa shape index (κ3) is 2.66. The van der Waals surface area contributed by atoms with E-state index in [2.05, 4.69) is 21.2 Å². The number of benzene rings is 3. The number of fused-ring (bicyclic) bond motifs is 6. The highest BCUT2D eigenvalue weighted by Gasteiger charge is 2.61. The topological polar surface area (TPSA) is 53.9 Å². The average Bonchev–Trinajstić information content (AvgIpc) is 3.31. The molecule has 2 atom stereocenters. The molecule has 1 spiro atoms. The van der Waals surface area contributed by atoms with Crippen molar-refractivity contribution in [1.82, 2.24) is 5.01 Å². The molecule has 3 aromatic carbocycles. The van der Waals surface area contributed by atoms with Crippen LogP contribution in [0.2, 0.25) is 5.02 Å². The Balaban J connectivity index is 1.58. The van der Waals surface area contributed by atoms with Crippen molar-refractivity contribution in [3.63, 3.8) is 0 Å². The monoisotopic (exact) mass is 497 g/mol. The first-order valence-electron chi connectivity index (χ1n) is 9.68. The normalized spacial score (nSPS) is 23.1. The van der Waals surface area contributed by atoms with Crippen LogP contribution in [0.25, 0.3) is 0 Å². The number of ether oxygens (including phenoxy) is 1. The molecular weight excluding hydrogens is 485 g/mol. The third-order valence-corrected chi connectivity index (χ3v) is 6.63. The van der Waals surface area contributed by atoms with Crippen LogP contribution in [0, 0.1) is 5.82 Å². The van der Waals surface area contributed by atoms with Gasteiger partial charge in [0.25, 0.3) is 5.91 Å². The molecule has 3 aliphatic rings. The van der Waals surface area contributed by atoms with Crippen LogP contribution in [0.4, 0.5) is 10.1 Å². The first-order chi connectivity index (χ1) is 15.0. The maximum atomic E-state index is 13.5.